The Hall–Kier alpha value is -1.82. The minimum Gasteiger partial charge on any atom is -0.495 e. The molecule has 3 N–H and O–H groups in total. The number of hydrogen-bond donors (Lipinski definition) is 3. The van der Waals surface area contributed by atoms with E-state index in [2.05, 4.69) is 16.2 Å². The predicted octanol–water partition coefficient (Wildman–Crippen LogP) is 2.12. The number of carbonyl (C=O) groups is 1. The third-order valence-corrected chi connectivity index (χ3v) is 2.60. The van der Waals surface area contributed by atoms with E-state index < -0.39 is 0 Å². The summed E-state index contributed by atoms with van der Waals surface area (Å²) in [4.78, 5) is 11.3. The Morgan fingerprint density at radius 2 is 2.11 bits per heavy atom. The van der Waals surface area contributed by atoms with Gasteiger partial charge in [0, 0.05) is 6.42 Å². The minimum absolute atomic E-state index is 0.0946. The van der Waals surface area contributed by atoms with Crippen molar-refractivity contribution in [2.75, 3.05) is 12.4 Å². The number of carbonyl (C=O) groups excluding carboxylic acids is 1. The van der Waals surface area contributed by atoms with Crippen molar-refractivity contribution in [2.45, 2.75) is 26.7 Å². The highest BCUT2D eigenvalue weighted by molar-refractivity contribution is 7.80. The summed E-state index contributed by atoms with van der Waals surface area (Å²) >= 11 is 5.10. The van der Waals surface area contributed by atoms with Crippen LogP contribution in [-0.4, -0.2) is 18.1 Å². The van der Waals surface area contributed by atoms with Crippen molar-refractivity contribution < 1.29 is 9.53 Å². The number of ether oxygens (including phenoxy) is 1. The number of aryl methyl sites for hydroxylation is 1. The molecule has 0 unspecified atom stereocenters. The van der Waals surface area contributed by atoms with Crippen LogP contribution in [0.5, 0.6) is 5.75 Å². The fourth-order valence-electron chi connectivity index (χ4n) is 1.49. The second-order valence-corrected chi connectivity index (χ2v) is 4.49. The molecule has 19 heavy (non-hydrogen) atoms. The molecule has 104 valence electrons. The Kier molecular flexibility index (Phi) is 6.08. The first kappa shape index (κ1) is 15.2. The summed E-state index contributed by atoms with van der Waals surface area (Å²) in [6.07, 6.45) is 1.25. The molecule has 0 spiro atoms. The van der Waals surface area contributed by atoms with E-state index in [-0.39, 0.29) is 5.91 Å². The lowest BCUT2D eigenvalue weighted by molar-refractivity contribution is -0.121. The van der Waals surface area contributed by atoms with Gasteiger partial charge in [0.05, 0.1) is 12.8 Å². The third-order valence-electron chi connectivity index (χ3n) is 2.40. The summed E-state index contributed by atoms with van der Waals surface area (Å²) in [5.41, 5.74) is 7.01. The molecule has 0 aliphatic rings. The van der Waals surface area contributed by atoms with E-state index in [0.717, 1.165) is 17.7 Å². The number of nitrogens with one attached hydrogen (secondary N) is 3. The molecule has 0 aromatic heterocycles. The predicted molar refractivity (Wildman–Crippen MR) is 80.1 cm³/mol. The van der Waals surface area contributed by atoms with Gasteiger partial charge < -0.3 is 10.1 Å². The Balaban J connectivity index is 2.57. The first-order valence-corrected chi connectivity index (χ1v) is 6.48. The molecule has 1 rings (SSSR count). The molecule has 0 radical (unpaired) electrons. The Labute approximate surface area is 118 Å². The van der Waals surface area contributed by atoms with Crippen molar-refractivity contribution >= 4 is 28.9 Å². The molecule has 0 atom stereocenters. The largest absolute Gasteiger partial charge is 0.495 e. The molecular weight excluding hydrogens is 262 g/mol. The monoisotopic (exact) mass is 281 g/mol. The normalized spacial score (nSPS) is 9.63. The van der Waals surface area contributed by atoms with E-state index in [1.165, 1.54) is 0 Å². The minimum atomic E-state index is -0.0946. The van der Waals surface area contributed by atoms with Crippen LogP contribution in [0.15, 0.2) is 18.2 Å². The molecule has 0 saturated carbocycles. The van der Waals surface area contributed by atoms with Crippen LogP contribution >= 0.6 is 12.2 Å². The maximum atomic E-state index is 11.3. The molecule has 1 aromatic carbocycles. The number of thiocarbonyl (C=S) groups is 1. The SMILES string of the molecule is CCCC(=O)NNC(=S)Nc1cc(C)ccc1OC. The van der Waals surface area contributed by atoms with E-state index in [0.29, 0.717) is 17.3 Å². The molecule has 5 nitrogen and oxygen atoms in total. The first-order valence-electron chi connectivity index (χ1n) is 6.07. The van der Waals surface area contributed by atoms with Gasteiger partial charge in [-0.2, -0.15) is 0 Å². The van der Waals surface area contributed by atoms with Crippen molar-refractivity contribution in [2.24, 2.45) is 0 Å². The first-order chi connectivity index (χ1) is 9.06. The molecule has 0 saturated heterocycles. The molecule has 1 amide bonds. The van der Waals surface area contributed by atoms with E-state index in [1.807, 2.05) is 32.0 Å². The van der Waals surface area contributed by atoms with Crippen LogP contribution in [0.4, 0.5) is 5.69 Å². The van der Waals surface area contributed by atoms with E-state index in [4.69, 9.17) is 17.0 Å². The number of benzene rings is 1. The highest BCUT2D eigenvalue weighted by Gasteiger charge is 2.06. The molecular formula is C13H19N3O2S. The van der Waals surface area contributed by atoms with Gasteiger partial charge in [0.2, 0.25) is 5.91 Å². The molecule has 0 aliphatic carbocycles. The number of amides is 1. The molecule has 0 heterocycles. The lowest BCUT2D eigenvalue weighted by Gasteiger charge is -2.14. The van der Waals surface area contributed by atoms with Crippen LogP contribution in [0.1, 0.15) is 25.3 Å². The number of anilines is 1. The van der Waals surface area contributed by atoms with Crippen LogP contribution in [0.3, 0.4) is 0 Å². The highest BCUT2D eigenvalue weighted by atomic mass is 32.1. The van der Waals surface area contributed by atoms with Gasteiger partial charge in [-0.3, -0.25) is 15.6 Å². The third kappa shape index (κ3) is 5.13. The van der Waals surface area contributed by atoms with E-state index >= 15 is 0 Å². The fraction of sp³-hybridized carbons (Fsp3) is 0.385. The van der Waals surface area contributed by atoms with Crippen LogP contribution in [-0.2, 0) is 4.79 Å². The summed E-state index contributed by atoms with van der Waals surface area (Å²) in [5, 5.41) is 3.29. The summed E-state index contributed by atoms with van der Waals surface area (Å²) in [6.45, 7) is 3.91. The van der Waals surface area contributed by atoms with Crippen molar-refractivity contribution in [3.63, 3.8) is 0 Å². The molecule has 1 aromatic rings. The number of rotatable bonds is 4. The molecule has 0 bridgehead atoms. The van der Waals surface area contributed by atoms with Crippen LogP contribution < -0.4 is 20.9 Å². The van der Waals surface area contributed by atoms with Crippen molar-refractivity contribution in [1.29, 1.82) is 0 Å². The zero-order valence-electron chi connectivity index (χ0n) is 11.4. The van der Waals surface area contributed by atoms with Gasteiger partial charge in [0.15, 0.2) is 5.11 Å². The Bertz CT molecular complexity index is 463. The Morgan fingerprint density at radius 3 is 2.74 bits per heavy atom. The van der Waals surface area contributed by atoms with Gasteiger partial charge in [0.1, 0.15) is 5.75 Å². The summed E-state index contributed by atoms with van der Waals surface area (Å²) in [6, 6.07) is 5.72. The highest BCUT2D eigenvalue weighted by Crippen LogP contribution is 2.24. The van der Waals surface area contributed by atoms with Gasteiger partial charge in [0.25, 0.3) is 0 Å². The average molecular weight is 281 g/mol. The summed E-state index contributed by atoms with van der Waals surface area (Å²) in [7, 11) is 1.59. The van der Waals surface area contributed by atoms with Crippen LogP contribution in [0, 0.1) is 6.92 Å². The fourth-order valence-corrected chi connectivity index (χ4v) is 1.65. The van der Waals surface area contributed by atoms with Gasteiger partial charge in [-0.1, -0.05) is 13.0 Å². The quantitative estimate of drug-likeness (QED) is 0.583. The maximum absolute atomic E-state index is 11.3. The number of methoxy groups -OCH3 is 1. The average Bonchev–Trinajstić information content (AvgIpc) is 2.37. The van der Waals surface area contributed by atoms with E-state index in [9.17, 15) is 4.79 Å². The maximum Gasteiger partial charge on any atom is 0.238 e. The van der Waals surface area contributed by atoms with Crippen molar-refractivity contribution in [3.05, 3.63) is 23.8 Å². The smallest absolute Gasteiger partial charge is 0.238 e. The Morgan fingerprint density at radius 1 is 1.37 bits per heavy atom. The van der Waals surface area contributed by atoms with Crippen LogP contribution in [0.25, 0.3) is 0 Å². The van der Waals surface area contributed by atoms with Gasteiger partial charge >= 0.3 is 0 Å². The van der Waals surface area contributed by atoms with Gasteiger partial charge in [-0.15, -0.1) is 0 Å². The van der Waals surface area contributed by atoms with Crippen LogP contribution in [0.2, 0.25) is 0 Å². The van der Waals surface area contributed by atoms with Gasteiger partial charge in [-0.25, -0.2) is 0 Å². The lowest BCUT2D eigenvalue weighted by Crippen LogP contribution is -2.43. The topological polar surface area (TPSA) is 62.4 Å². The zero-order valence-corrected chi connectivity index (χ0v) is 12.2. The second-order valence-electron chi connectivity index (χ2n) is 4.08. The van der Waals surface area contributed by atoms with Crippen molar-refractivity contribution in [1.82, 2.24) is 10.9 Å². The van der Waals surface area contributed by atoms with Crippen molar-refractivity contribution in [3.8, 4) is 5.75 Å². The lowest BCUT2D eigenvalue weighted by atomic mass is 10.2. The molecule has 0 aliphatic heterocycles. The molecule has 0 fully saturated rings. The van der Waals surface area contributed by atoms with Gasteiger partial charge in [-0.05, 0) is 43.3 Å². The number of hydrogen-bond acceptors (Lipinski definition) is 3. The second kappa shape index (κ2) is 7.58. The van der Waals surface area contributed by atoms with E-state index in [1.54, 1.807) is 7.11 Å². The standard InChI is InChI=1S/C13H19N3O2S/c1-4-5-12(17)15-16-13(19)14-10-8-9(2)6-7-11(10)18-3/h6-8H,4-5H2,1-3H3,(H,15,17)(H2,14,16,19). The zero-order chi connectivity index (χ0) is 14.3. The summed E-state index contributed by atoms with van der Waals surface area (Å²) < 4.78 is 5.23. The number of hydrazine groups is 1. The molecule has 6 heteroatoms. The summed E-state index contributed by atoms with van der Waals surface area (Å²) in [5.74, 6) is 0.595.